The summed E-state index contributed by atoms with van der Waals surface area (Å²) in [5.41, 5.74) is 7.21. The Morgan fingerprint density at radius 3 is 2.60 bits per heavy atom. The lowest BCUT2D eigenvalue weighted by Gasteiger charge is -2.07. The van der Waals surface area contributed by atoms with Crippen molar-refractivity contribution < 1.29 is 8.78 Å². The van der Waals surface area contributed by atoms with Gasteiger partial charge in [-0.05, 0) is 40.2 Å². The predicted octanol–water partition coefficient (Wildman–Crippen LogP) is 4.30. The number of anilines is 1. The van der Waals surface area contributed by atoms with E-state index in [1.165, 1.54) is 28.8 Å². The third-order valence-corrected chi connectivity index (χ3v) is 3.80. The van der Waals surface area contributed by atoms with Crippen molar-refractivity contribution in [2.75, 3.05) is 5.73 Å². The largest absolute Gasteiger partial charge is 0.369 e. The van der Waals surface area contributed by atoms with Gasteiger partial charge in [0.05, 0.1) is 26.2 Å². The maximum absolute atomic E-state index is 13.7. The molecule has 3 rings (SSSR count). The minimum atomic E-state index is -0.581. The standard InChI is InChI=1S/C13H7BrClF2N3/c14-7-4-11-12(5-9(7)16)20(13(18)19-11)6-1-2-8(15)10(17)3-6/h1-5H,(H2,18,19). The normalized spacial score (nSPS) is 11.2. The summed E-state index contributed by atoms with van der Waals surface area (Å²) in [5.74, 6) is -0.893. The third-order valence-electron chi connectivity index (χ3n) is 2.88. The minimum Gasteiger partial charge on any atom is -0.369 e. The Labute approximate surface area is 126 Å². The van der Waals surface area contributed by atoms with E-state index in [4.69, 9.17) is 17.3 Å². The molecule has 7 heteroatoms. The topological polar surface area (TPSA) is 43.8 Å². The molecule has 0 aliphatic rings. The SMILES string of the molecule is Nc1nc2cc(Br)c(F)cc2n1-c1ccc(Cl)c(F)c1. The summed E-state index contributed by atoms with van der Waals surface area (Å²) in [4.78, 5) is 4.13. The number of nitrogen functional groups attached to an aromatic ring is 1. The third kappa shape index (κ3) is 2.05. The van der Waals surface area contributed by atoms with Crippen LogP contribution in [-0.4, -0.2) is 9.55 Å². The molecule has 2 N–H and O–H groups in total. The second-order valence-electron chi connectivity index (χ2n) is 4.16. The van der Waals surface area contributed by atoms with Gasteiger partial charge in [-0.2, -0.15) is 0 Å². The highest BCUT2D eigenvalue weighted by Crippen LogP contribution is 2.29. The maximum atomic E-state index is 13.7. The number of nitrogens with two attached hydrogens (primary N) is 1. The first-order valence-electron chi connectivity index (χ1n) is 5.56. The molecule has 3 aromatic rings. The lowest BCUT2D eigenvalue weighted by molar-refractivity contribution is 0.622. The van der Waals surface area contributed by atoms with Crippen molar-refractivity contribution in [3.05, 3.63) is 51.5 Å². The molecule has 0 saturated carbocycles. The van der Waals surface area contributed by atoms with Crippen LogP contribution >= 0.6 is 27.5 Å². The second-order valence-corrected chi connectivity index (χ2v) is 5.42. The van der Waals surface area contributed by atoms with E-state index in [0.717, 1.165) is 0 Å². The molecule has 0 fully saturated rings. The summed E-state index contributed by atoms with van der Waals surface area (Å²) in [5, 5.41) is 0.00525. The average Bonchev–Trinajstić information content (AvgIpc) is 2.69. The van der Waals surface area contributed by atoms with E-state index in [9.17, 15) is 8.78 Å². The molecule has 0 aliphatic carbocycles. The maximum Gasteiger partial charge on any atom is 0.205 e. The molecular formula is C13H7BrClF2N3. The second kappa shape index (κ2) is 4.71. The Hall–Kier alpha value is -1.66. The van der Waals surface area contributed by atoms with Crippen molar-refractivity contribution in [1.29, 1.82) is 0 Å². The van der Waals surface area contributed by atoms with Gasteiger partial charge in [0.1, 0.15) is 11.6 Å². The number of nitrogens with zero attached hydrogens (tertiary/aromatic N) is 2. The summed E-state index contributed by atoms with van der Waals surface area (Å²) < 4.78 is 29.0. The zero-order valence-corrected chi connectivity index (χ0v) is 12.2. The fourth-order valence-electron chi connectivity index (χ4n) is 1.99. The van der Waals surface area contributed by atoms with Gasteiger partial charge < -0.3 is 5.73 Å². The summed E-state index contributed by atoms with van der Waals surface area (Å²) in [7, 11) is 0. The smallest absolute Gasteiger partial charge is 0.205 e. The van der Waals surface area contributed by atoms with Crippen LogP contribution in [0, 0.1) is 11.6 Å². The van der Waals surface area contributed by atoms with E-state index < -0.39 is 11.6 Å². The van der Waals surface area contributed by atoms with Crippen LogP contribution in [0.15, 0.2) is 34.8 Å². The highest BCUT2D eigenvalue weighted by Gasteiger charge is 2.14. The van der Waals surface area contributed by atoms with Crippen molar-refractivity contribution in [2.45, 2.75) is 0 Å². The molecule has 0 unspecified atom stereocenters. The van der Waals surface area contributed by atoms with Gasteiger partial charge in [0.2, 0.25) is 5.95 Å². The van der Waals surface area contributed by atoms with Crippen LogP contribution in [-0.2, 0) is 0 Å². The van der Waals surface area contributed by atoms with Crippen LogP contribution < -0.4 is 5.73 Å². The first kappa shape index (κ1) is 13.3. The molecule has 3 nitrogen and oxygen atoms in total. The summed E-state index contributed by atoms with van der Waals surface area (Å²) in [6.07, 6.45) is 0. The van der Waals surface area contributed by atoms with Crippen molar-refractivity contribution in [1.82, 2.24) is 9.55 Å². The van der Waals surface area contributed by atoms with Gasteiger partial charge in [-0.1, -0.05) is 11.6 Å². The molecule has 0 bridgehead atoms. The Bertz CT molecular complexity index is 832. The zero-order chi connectivity index (χ0) is 14.4. The molecule has 1 heterocycles. The summed E-state index contributed by atoms with van der Waals surface area (Å²) >= 11 is 8.73. The van der Waals surface area contributed by atoms with Crippen molar-refractivity contribution in [2.24, 2.45) is 0 Å². The minimum absolute atomic E-state index is 0.00525. The van der Waals surface area contributed by atoms with Crippen LogP contribution in [0.25, 0.3) is 16.7 Å². The molecule has 1 aromatic heterocycles. The van der Waals surface area contributed by atoms with Gasteiger partial charge in [-0.25, -0.2) is 13.8 Å². The van der Waals surface area contributed by atoms with Gasteiger partial charge in [-0.15, -0.1) is 0 Å². The Kier molecular flexibility index (Phi) is 3.14. The number of imidazole rings is 1. The number of benzene rings is 2. The van der Waals surface area contributed by atoms with Crippen LogP contribution in [0.1, 0.15) is 0 Å². The number of halogens is 4. The molecule has 20 heavy (non-hydrogen) atoms. The molecule has 0 atom stereocenters. The summed E-state index contributed by atoms with van der Waals surface area (Å²) in [6, 6.07) is 7.02. The monoisotopic (exact) mass is 357 g/mol. The van der Waals surface area contributed by atoms with Gasteiger partial charge in [0, 0.05) is 6.07 Å². The molecule has 102 valence electrons. The highest BCUT2D eigenvalue weighted by molar-refractivity contribution is 9.10. The van der Waals surface area contributed by atoms with Crippen molar-refractivity contribution in [3.8, 4) is 5.69 Å². The molecule has 0 spiro atoms. The van der Waals surface area contributed by atoms with E-state index in [1.54, 1.807) is 6.07 Å². The number of aromatic nitrogens is 2. The van der Waals surface area contributed by atoms with E-state index in [2.05, 4.69) is 20.9 Å². The number of hydrogen-bond donors (Lipinski definition) is 1. The first-order valence-corrected chi connectivity index (χ1v) is 6.73. The first-order chi connectivity index (χ1) is 9.47. The van der Waals surface area contributed by atoms with Gasteiger partial charge in [-0.3, -0.25) is 4.57 Å². The van der Waals surface area contributed by atoms with Crippen LogP contribution in [0.5, 0.6) is 0 Å². The molecule has 2 aromatic carbocycles. The molecule has 0 amide bonds. The van der Waals surface area contributed by atoms with Gasteiger partial charge in [0.15, 0.2) is 0 Å². The fraction of sp³-hybridized carbons (Fsp3) is 0. The average molecular weight is 359 g/mol. The van der Waals surface area contributed by atoms with Crippen molar-refractivity contribution >= 4 is 44.5 Å². The number of fused-ring (bicyclic) bond motifs is 1. The lowest BCUT2D eigenvalue weighted by atomic mass is 10.2. The van der Waals surface area contributed by atoms with Crippen LogP contribution in [0.4, 0.5) is 14.7 Å². The lowest BCUT2D eigenvalue weighted by Crippen LogP contribution is -2.01. The summed E-state index contributed by atoms with van der Waals surface area (Å²) in [6.45, 7) is 0. The molecule has 0 radical (unpaired) electrons. The molecular weight excluding hydrogens is 352 g/mol. The number of hydrogen-bond acceptors (Lipinski definition) is 2. The number of rotatable bonds is 1. The quantitative estimate of drug-likeness (QED) is 0.705. The molecule has 0 saturated heterocycles. The van der Waals surface area contributed by atoms with E-state index in [-0.39, 0.29) is 15.4 Å². The van der Waals surface area contributed by atoms with E-state index in [0.29, 0.717) is 16.7 Å². The van der Waals surface area contributed by atoms with E-state index in [1.807, 2.05) is 0 Å². The Morgan fingerprint density at radius 1 is 1.15 bits per heavy atom. The molecule has 0 aliphatic heterocycles. The van der Waals surface area contributed by atoms with Crippen LogP contribution in [0.2, 0.25) is 5.02 Å². The highest BCUT2D eigenvalue weighted by atomic mass is 79.9. The van der Waals surface area contributed by atoms with E-state index >= 15 is 0 Å². The van der Waals surface area contributed by atoms with Crippen molar-refractivity contribution in [3.63, 3.8) is 0 Å². The van der Waals surface area contributed by atoms with Gasteiger partial charge >= 0.3 is 0 Å². The van der Waals surface area contributed by atoms with Gasteiger partial charge in [0.25, 0.3) is 0 Å². The fourth-order valence-corrected chi connectivity index (χ4v) is 2.44. The Balaban J connectivity index is 2.32. The Morgan fingerprint density at radius 2 is 1.90 bits per heavy atom. The predicted molar refractivity (Wildman–Crippen MR) is 78.1 cm³/mol. The zero-order valence-electron chi connectivity index (χ0n) is 9.87. The van der Waals surface area contributed by atoms with Crippen LogP contribution in [0.3, 0.4) is 0 Å².